The Kier molecular flexibility index (Phi) is 2.65. The van der Waals surface area contributed by atoms with Crippen LogP contribution in [0, 0.1) is 29.6 Å². The van der Waals surface area contributed by atoms with Crippen molar-refractivity contribution in [2.45, 2.75) is 43.9 Å². The van der Waals surface area contributed by atoms with Crippen LogP contribution < -0.4 is 0 Å². The molecule has 100 valence electrons. The Morgan fingerprint density at radius 3 is 2.11 bits per heavy atom. The zero-order chi connectivity index (χ0) is 12.3. The van der Waals surface area contributed by atoms with E-state index < -0.39 is 0 Å². The Morgan fingerprint density at radius 2 is 1.61 bits per heavy atom. The Hall–Kier alpha value is -0.240. The van der Waals surface area contributed by atoms with E-state index in [9.17, 15) is 4.79 Å². The molecule has 1 atom stereocenters. The topological polar surface area (TPSA) is 20.3 Å². The van der Waals surface area contributed by atoms with Crippen molar-refractivity contribution in [2.75, 3.05) is 13.1 Å². The molecular formula is C15H22ClNO. The van der Waals surface area contributed by atoms with Gasteiger partial charge < -0.3 is 4.90 Å². The van der Waals surface area contributed by atoms with Crippen LogP contribution >= 0.6 is 11.6 Å². The number of halogens is 1. The zero-order valence-electron chi connectivity index (χ0n) is 10.9. The van der Waals surface area contributed by atoms with Crippen molar-refractivity contribution < 1.29 is 4.79 Å². The van der Waals surface area contributed by atoms with E-state index in [0.717, 1.165) is 31.3 Å². The summed E-state index contributed by atoms with van der Waals surface area (Å²) in [6.45, 7) is 1.69. The van der Waals surface area contributed by atoms with Gasteiger partial charge in [-0.2, -0.15) is 0 Å². The molecule has 18 heavy (non-hydrogen) atoms. The lowest BCUT2D eigenvalue weighted by molar-refractivity contribution is -0.147. The van der Waals surface area contributed by atoms with Crippen LogP contribution in [0.5, 0.6) is 0 Å². The van der Waals surface area contributed by atoms with Gasteiger partial charge in [0.25, 0.3) is 0 Å². The molecule has 3 heteroatoms. The summed E-state index contributed by atoms with van der Waals surface area (Å²) < 4.78 is 0. The van der Waals surface area contributed by atoms with Crippen LogP contribution in [0.2, 0.25) is 0 Å². The Morgan fingerprint density at radius 1 is 1.00 bits per heavy atom. The van der Waals surface area contributed by atoms with E-state index in [-0.39, 0.29) is 5.38 Å². The zero-order valence-corrected chi connectivity index (χ0v) is 11.6. The van der Waals surface area contributed by atoms with E-state index in [0.29, 0.717) is 23.7 Å². The van der Waals surface area contributed by atoms with E-state index in [4.69, 9.17) is 11.6 Å². The molecule has 1 amide bonds. The second-order valence-electron chi connectivity index (χ2n) is 7.13. The maximum Gasteiger partial charge on any atom is 0.226 e. The third kappa shape index (κ3) is 1.71. The van der Waals surface area contributed by atoms with Crippen molar-refractivity contribution in [3.05, 3.63) is 0 Å². The largest absolute Gasteiger partial charge is 0.341 e. The molecule has 0 aromatic carbocycles. The van der Waals surface area contributed by atoms with Gasteiger partial charge >= 0.3 is 0 Å². The van der Waals surface area contributed by atoms with Gasteiger partial charge in [0, 0.05) is 19.0 Å². The third-order valence-electron chi connectivity index (χ3n) is 5.95. The molecule has 4 aliphatic carbocycles. The molecule has 5 aliphatic rings. The predicted octanol–water partition coefficient (Wildman–Crippen LogP) is 2.90. The molecule has 0 radical (unpaired) electrons. The molecular weight excluding hydrogens is 246 g/mol. The Labute approximate surface area is 114 Å². The second-order valence-corrected chi connectivity index (χ2v) is 7.74. The average molecular weight is 268 g/mol. The number of hydrogen-bond donors (Lipinski definition) is 0. The summed E-state index contributed by atoms with van der Waals surface area (Å²) >= 11 is 6.15. The summed E-state index contributed by atoms with van der Waals surface area (Å²) in [6, 6.07) is 0. The maximum absolute atomic E-state index is 12.7. The lowest BCUT2D eigenvalue weighted by atomic mass is 9.51. The molecule has 4 saturated carbocycles. The van der Waals surface area contributed by atoms with Crippen LogP contribution in [0.1, 0.15) is 38.5 Å². The van der Waals surface area contributed by atoms with Crippen LogP contribution in [-0.4, -0.2) is 29.3 Å². The minimum atomic E-state index is 0.200. The highest BCUT2D eigenvalue weighted by Crippen LogP contribution is 2.56. The van der Waals surface area contributed by atoms with E-state index in [2.05, 4.69) is 4.90 Å². The number of hydrogen-bond acceptors (Lipinski definition) is 1. The molecule has 1 aliphatic heterocycles. The summed E-state index contributed by atoms with van der Waals surface area (Å²) in [5.74, 6) is 4.14. The Bertz CT molecular complexity index is 342. The number of nitrogens with zero attached hydrogens (tertiary/aromatic N) is 1. The van der Waals surface area contributed by atoms with Crippen LogP contribution in [0.3, 0.4) is 0 Å². The fourth-order valence-electron chi connectivity index (χ4n) is 5.46. The third-order valence-corrected chi connectivity index (χ3v) is 6.31. The molecule has 1 saturated heterocycles. The highest BCUT2D eigenvalue weighted by atomic mass is 35.5. The molecule has 5 rings (SSSR count). The molecule has 0 spiro atoms. The van der Waals surface area contributed by atoms with E-state index >= 15 is 0 Å². The Balaban J connectivity index is 1.52. The van der Waals surface area contributed by atoms with Gasteiger partial charge in [-0.05, 0) is 62.2 Å². The molecule has 4 bridgehead atoms. The van der Waals surface area contributed by atoms with Crippen molar-refractivity contribution in [1.29, 1.82) is 0 Å². The van der Waals surface area contributed by atoms with Crippen molar-refractivity contribution in [1.82, 2.24) is 4.90 Å². The number of alkyl halides is 1. The molecule has 1 unspecified atom stereocenters. The van der Waals surface area contributed by atoms with Crippen molar-refractivity contribution >= 4 is 17.5 Å². The first-order chi connectivity index (χ1) is 8.70. The van der Waals surface area contributed by atoms with Gasteiger partial charge in [0.2, 0.25) is 5.91 Å². The maximum atomic E-state index is 12.7. The number of rotatable bonds is 1. The number of carbonyl (C=O) groups is 1. The fraction of sp³-hybridized carbons (Fsp3) is 0.933. The highest BCUT2D eigenvalue weighted by molar-refractivity contribution is 6.21. The van der Waals surface area contributed by atoms with Gasteiger partial charge in [-0.3, -0.25) is 4.79 Å². The summed E-state index contributed by atoms with van der Waals surface area (Å²) in [5, 5.41) is 0.200. The summed E-state index contributed by atoms with van der Waals surface area (Å²) in [4.78, 5) is 14.8. The van der Waals surface area contributed by atoms with Crippen LogP contribution in [0.4, 0.5) is 0 Å². The van der Waals surface area contributed by atoms with Crippen LogP contribution in [-0.2, 0) is 4.79 Å². The van der Waals surface area contributed by atoms with Crippen molar-refractivity contribution in [3.8, 4) is 0 Å². The van der Waals surface area contributed by atoms with E-state index in [1.807, 2.05) is 0 Å². The van der Waals surface area contributed by atoms with E-state index in [1.54, 1.807) is 0 Å². The van der Waals surface area contributed by atoms with Gasteiger partial charge in [-0.25, -0.2) is 0 Å². The van der Waals surface area contributed by atoms with Gasteiger partial charge in [0.15, 0.2) is 0 Å². The van der Waals surface area contributed by atoms with Gasteiger partial charge in [-0.1, -0.05) is 0 Å². The average Bonchev–Trinajstić information content (AvgIpc) is 2.74. The lowest BCUT2D eigenvalue weighted by Gasteiger charge is -2.54. The number of likely N-dealkylation sites (tertiary alicyclic amines) is 1. The summed E-state index contributed by atoms with van der Waals surface area (Å²) in [7, 11) is 0. The first-order valence-electron chi connectivity index (χ1n) is 7.63. The normalized spacial score (nSPS) is 49.9. The second kappa shape index (κ2) is 4.13. The number of amides is 1. The monoisotopic (exact) mass is 267 g/mol. The fourth-order valence-corrected chi connectivity index (χ4v) is 5.72. The van der Waals surface area contributed by atoms with Gasteiger partial charge in [0.05, 0.1) is 5.38 Å². The first kappa shape index (κ1) is 11.6. The molecule has 0 N–H and O–H groups in total. The van der Waals surface area contributed by atoms with Crippen LogP contribution in [0.25, 0.3) is 0 Å². The van der Waals surface area contributed by atoms with Crippen LogP contribution in [0.15, 0.2) is 0 Å². The molecule has 5 fully saturated rings. The SMILES string of the molecule is O=C(C1C2CC3CC(C2)CC1C3)N1CCC(Cl)C1. The molecule has 0 aromatic rings. The van der Waals surface area contributed by atoms with Gasteiger partial charge in [-0.15, -0.1) is 11.6 Å². The molecule has 0 aromatic heterocycles. The minimum absolute atomic E-state index is 0.200. The van der Waals surface area contributed by atoms with Crippen molar-refractivity contribution in [3.63, 3.8) is 0 Å². The minimum Gasteiger partial charge on any atom is -0.341 e. The standard InChI is InChI=1S/C15H22ClNO/c16-13-1-2-17(8-13)15(18)14-11-4-9-3-10(6-11)7-12(14)5-9/h9-14H,1-8H2. The van der Waals surface area contributed by atoms with Gasteiger partial charge in [0.1, 0.15) is 0 Å². The molecule has 1 heterocycles. The number of carbonyl (C=O) groups excluding carboxylic acids is 1. The first-order valence-corrected chi connectivity index (χ1v) is 8.07. The quantitative estimate of drug-likeness (QED) is 0.669. The smallest absolute Gasteiger partial charge is 0.226 e. The lowest BCUT2D eigenvalue weighted by Crippen LogP contribution is -2.51. The highest BCUT2D eigenvalue weighted by Gasteiger charge is 2.51. The van der Waals surface area contributed by atoms with E-state index in [1.165, 1.54) is 32.1 Å². The van der Waals surface area contributed by atoms with Crippen molar-refractivity contribution in [2.24, 2.45) is 29.6 Å². The molecule has 2 nitrogen and oxygen atoms in total. The summed E-state index contributed by atoms with van der Waals surface area (Å²) in [5.41, 5.74) is 0. The summed E-state index contributed by atoms with van der Waals surface area (Å²) in [6.07, 6.45) is 7.79. The predicted molar refractivity (Wildman–Crippen MR) is 71.4 cm³/mol.